The largest absolute Gasteiger partial charge is 0.337 e. The van der Waals surface area contributed by atoms with Crippen LogP contribution >= 0.6 is 11.6 Å². The summed E-state index contributed by atoms with van der Waals surface area (Å²) in [6.45, 7) is 6.02. The first kappa shape index (κ1) is 13.3. The van der Waals surface area contributed by atoms with Crippen LogP contribution < -0.4 is 0 Å². The Morgan fingerprint density at radius 3 is 2.61 bits per heavy atom. The second kappa shape index (κ2) is 5.22. The van der Waals surface area contributed by atoms with Crippen LogP contribution in [0, 0.1) is 5.41 Å². The molecule has 1 aromatic heterocycles. The molecule has 1 fully saturated rings. The van der Waals surface area contributed by atoms with Gasteiger partial charge in [0.25, 0.3) is 5.91 Å². The molecule has 4 nitrogen and oxygen atoms in total. The summed E-state index contributed by atoms with van der Waals surface area (Å²) >= 11 is 5.67. The third-order valence-corrected chi connectivity index (χ3v) is 4.26. The Morgan fingerprint density at radius 2 is 2.11 bits per heavy atom. The Balaban J connectivity index is 2.10. The van der Waals surface area contributed by atoms with Crippen molar-refractivity contribution >= 4 is 17.5 Å². The Bertz CT molecular complexity index is 428. The van der Waals surface area contributed by atoms with Crippen LogP contribution in [-0.4, -0.2) is 33.9 Å². The number of rotatable bonds is 3. The average Bonchev–Trinajstić information content (AvgIpc) is 2.84. The van der Waals surface area contributed by atoms with Crippen LogP contribution in [0.1, 0.15) is 43.6 Å². The third-order valence-electron chi connectivity index (χ3n) is 4.06. The number of carbonyl (C=O) groups excluding carboxylic acids is 1. The van der Waals surface area contributed by atoms with Crippen molar-refractivity contribution in [2.24, 2.45) is 5.41 Å². The van der Waals surface area contributed by atoms with Crippen LogP contribution in [0.25, 0.3) is 0 Å². The van der Waals surface area contributed by atoms with E-state index in [1.165, 1.54) is 12.4 Å². The lowest BCUT2D eigenvalue weighted by Crippen LogP contribution is -2.32. The number of amides is 1. The minimum atomic E-state index is -0.0389. The molecule has 1 amide bonds. The van der Waals surface area contributed by atoms with Gasteiger partial charge in [0, 0.05) is 13.1 Å². The second-order valence-corrected chi connectivity index (χ2v) is 5.30. The van der Waals surface area contributed by atoms with E-state index in [2.05, 4.69) is 23.8 Å². The van der Waals surface area contributed by atoms with E-state index in [1.807, 2.05) is 4.90 Å². The monoisotopic (exact) mass is 267 g/mol. The quantitative estimate of drug-likeness (QED) is 0.846. The van der Waals surface area contributed by atoms with Crippen molar-refractivity contribution < 1.29 is 4.79 Å². The Labute approximate surface area is 112 Å². The van der Waals surface area contributed by atoms with Gasteiger partial charge in [0.1, 0.15) is 10.8 Å². The van der Waals surface area contributed by atoms with Gasteiger partial charge in [0.2, 0.25) is 0 Å². The van der Waals surface area contributed by atoms with Gasteiger partial charge in [-0.2, -0.15) is 0 Å². The maximum Gasteiger partial charge on any atom is 0.274 e. The first-order chi connectivity index (χ1) is 8.60. The van der Waals surface area contributed by atoms with Crippen molar-refractivity contribution in [1.82, 2.24) is 14.9 Å². The molecule has 2 rings (SSSR count). The van der Waals surface area contributed by atoms with E-state index in [0.29, 0.717) is 10.8 Å². The highest BCUT2D eigenvalue weighted by atomic mass is 35.5. The van der Waals surface area contributed by atoms with Gasteiger partial charge < -0.3 is 4.90 Å². The van der Waals surface area contributed by atoms with E-state index in [-0.39, 0.29) is 11.3 Å². The maximum absolute atomic E-state index is 12.3. The average molecular weight is 268 g/mol. The SMILES string of the molecule is CCC1(CC)CCN(C(=O)c2cnc(Cl)cn2)C1. The number of nitrogens with zero attached hydrogens (tertiary/aromatic N) is 3. The fraction of sp³-hybridized carbons (Fsp3) is 0.615. The normalized spacial score (nSPS) is 18.1. The van der Waals surface area contributed by atoms with Crippen LogP contribution in [-0.2, 0) is 0 Å². The lowest BCUT2D eigenvalue weighted by Gasteiger charge is -2.26. The Morgan fingerprint density at radius 1 is 1.39 bits per heavy atom. The van der Waals surface area contributed by atoms with Crippen LogP contribution in [0.3, 0.4) is 0 Å². The highest BCUT2D eigenvalue weighted by molar-refractivity contribution is 6.29. The molecule has 1 saturated heterocycles. The molecule has 0 radical (unpaired) electrons. The molecule has 1 aromatic rings. The molecular weight excluding hydrogens is 250 g/mol. The first-order valence-corrected chi connectivity index (χ1v) is 6.75. The highest BCUT2D eigenvalue weighted by Gasteiger charge is 2.37. The summed E-state index contributed by atoms with van der Waals surface area (Å²) in [6.07, 6.45) is 6.16. The number of halogens is 1. The zero-order valence-electron chi connectivity index (χ0n) is 10.8. The van der Waals surface area contributed by atoms with Gasteiger partial charge >= 0.3 is 0 Å². The van der Waals surface area contributed by atoms with Crippen LogP contribution in [0.4, 0.5) is 0 Å². The summed E-state index contributed by atoms with van der Waals surface area (Å²) in [5.41, 5.74) is 0.664. The number of aromatic nitrogens is 2. The van der Waals surface area contributed by atoms with Gasteiger partial charge in [-0.25, -0.2) is 9.97 Å². The summed E-state index contributed by atoms with van der Waals surface area (Å²) in [6, 6.07) is 0. The predicted molar refractivity (Wildman–Crippen MR) is 70.6 cm³/mol. The molecule has 0 spiro atoms. The number of hydrogen-bond acceptors (Lipinski definition) is 3. The molecule has 0 aromatic carbocycles. The van der Waals surface area contributed by atoms with Crippen molar-refractivity contribution in [2.75, 3.05) is 13.1 Å². The Hall–Kier alpha value is -1.16. The number of likely N-dealkylation sites (tertiary alicyclic amines) is 1. The first-order valence-electron chi connectivity index (χ1n) is 6.37. The molecular formula is C13H18ClN3O. The van der Waals surface area contributed by atoms with Crippen molar-refractivity contribution in [1.29, 1.82) is 0 Å². The number of carbonyl (C=O) groups is 1. The zero-order chi connectivity index (χ0) is 13.2. The lowest BCUT2D eigenvalue weighted by atomic mass is 9.82. The molecule has 0 atom stereocenters. The summed E-state index contributed by atoms with van der Waals surface area (Å²) in [5, 5.41) is 0.310. The molecule has 5 heteroatoms. The molecule has 0 saturated carbocycles. The van der Waals surface area contributed by atoms with Crippen molar-refractivity contribution in [3.05, 3.63) is 23.2 Å². The maximum atomic E-state index is 12.3. The van der Waals surface area contributed by atoms with Crippen molar-refractivity contribution in [2.45, 2.75) is 33.1 Å². The van der Waals surface area contributed by atoms with E-state index < -0.39 is 0 Å². The van der Waals surface area contributed by atoms with Gasteiger partial charge in [-0.1, -0.05) is 25.4 Å². The number of hydrogen-bond donors (Lipinski definition) is 0. The molecule has 1 aliphatic heterocycles. The molecule has 0 bridgehead atoms. The molecule has 0 aliphatic carbocycles. The zero-order valence-corrected chi connectivity index (χ0v) is 11.6. The van der Waals surface area contributed by atoms with Crippen LogP contribution in [0.2, 0.25) is 5.15 Å². The van der Waals surface area contributed by atoms with Gasteiger partial charge in [-0.15, -0.1) is 0 Å². The molecule has 18 heavy (non-hydrogen) atoms. The van der Waals surface area contributed by atoms with E-state index in [9.17, 15) is 4.79 Å². The topological polar surface area (TPSA) is 46.1 Å². The summed E-state index contributed by atoms with van der Waals surface area (Å²) < 4.78 is 0. The Kier molecular flexibility index (Phi) is 3.85. The fourth-order valence-electron chi connectivity index (χ4n) is 2.52. The van der Waals surface area contributed by atoms with E-state index in [4.69, 9.17) is 11.6 Å². The predicted octanol–water partition coefficient (Wildman–Crippen LogP) is 2.78. The standard InChI is InChI=1S/C13H18ClN3O/c1-3-13(4-2)5-6-17(9-13)12(18)10-7-16-11(14)8-15-10/h7-8H,3-6,9H2,1-2H3. The lowest BCUT2D eigenvalue weighted by molar-refractivity contribution is 0.0763. The van der Waals surface area contributed by atoms with Crippen molar-refractivity contribution in [3.8, 4) is 0 Å². The molecule has 2 heterocycles. The van der Waals surface area contributed by atoms with Gasteiger partial charge in [0.05, 0.1) is 12.4 Å². The van der Waals surface area contributed by atoms with Crippen LogP contribution in [0.5, 0.6) is 0 Å². The van der Waals surface area contributed by atoms with E-state index >= 15 is 0 Å². The van der Waals surface area contributed by atoms with E-state index in [0.717, 1.165) is 32.4 Å². The highest BCUT2D eigenvalue weighted by Crippen LogP contribution is 2.37. The van der Waals surface area contributed by atoms with Crippen molar-refractivity contribution in [3.63, 3.8) is 0 Å². The second-order valence-electron chi connectivity index (χ2n) is 4.91. The smallest absolute Gasteiger partial charge is 0.274 e. The minimum absolute atomic E-state index is 0.0389. The molecule has 98 valence electrons. The fourth-order valence-corrected chi connectivity index (χ4v) is 2.62. The van der Waals surface area contributed by atoms with Gasteiger partial charge in [-0.3, -0.25) is 4.79 Å². The minimum Gasteiger partial charge on any atom is -0.337 e. The third kappa shape index (κ3) is 2.48. The van der Waals surface area contributed by atoms with Gasteiger partial charge in [0.15, 0.2) is 0 Å². The van der Waals surface area contributed by atoms with Gasteiger partial charge in [-0.05, 0) is 24.7 Å². The molecule has 0 unspecified atom stereocenters. The van der Waals surface area contributed by atoms with E-state index in [1.54, 1.807) is 0 Å². The summed E-state index contributed by atoms with van der Waals surface area (Å²) in [5.74, 6) is -0.0389. The van der Waals surface area contributed by atoms with Crippen LogP contribution in [0.15, 0.2) is 12.4 Å². The summed E-state index contributed by atoms with van der Waals surface area (Å²) in [4.78, 5) is 22.1. The molecule has 0 N–H and O–H groups in total. The molecule has 1 aliphatic rings. The summed E-state index contributed by atoms with van der Waals surface area (Å²) in [7, 11) is 0.